The molecule has 5 heteroatoms. The van der Waals surface area contributed by atoms with E-state index in [1.54, 1.807) is 6.26 Å². The van der Waals surface area contributed by atoms with Crippen LogP contribution in [-0.4, -0.2) is 10.7 Å². The molecule has 4 nitrogen and oxygen atoms in total. The van der Waals surface area contributed by atoms with E-state index in [9.17, 15) is 0 Å². The van der Waals surface area contributed by atoms with Crippen LogP contribution in [0.3, 0.4) is 0 Å². The van der Waals surface area contributed by atoms with E-state index in [4.69, 9.17) is 14.3 Å². The zero-order valence-corrected chi connectivity index (χ0v) is 14.9. The Morgan fingerprint density at radius 3 is 2.72 bits per heavy atom. The summed E-state index contributed by atoms with van der Waals surface area (Å²) in [7, 11) is 0. The quantitative estimate of drug-likeness (QED) is 0.592. The predicted octanol–water partition coefficient (Wildman–Crippen LogP) is 5.28. The summed E-state index contributed by atoms with van der Waals surface area (Å²) in [5.74, 6) is 1.65. The van der Waals surface area contributed by atoms with Gasteiger partial charge in [0.2, 0.25) is 6.23 Å². The number of fused-ring (bicyclic) bond motifs is 3. The van der Waals surface area contributed by atoms with Crippen molar-refractivity contribution in [2.45, 2.75) is 18.7 Å². The molecule has 0 unspecified atom stereocenters. The predicted molar refractivity (Wildman–Crippen MR) is 98.4 cm³/mol. The largest absolute Gasteiger partial charge is 0.463 e. The van der Waals surface area contributed by atoms with Gasteiger partial charge in [-0.2, -0.15) is 5.10 Å². The highest BCUT2D eigenvalue weighted by Gasteiger charge is 2.42. The van der Waals surface area contributed by atoms with Gasteiger partial charge < -0.3 is 9.15 Å². The fraction of sp³-hybridized carbons (Fsp3) is 0.150. The second-order valence-electron chi connectivity index (χ2n) is 6.18. The molecule has 2 atom stereocenters. The summed E-state index contributed by atoms with van der Waals surface area (Å²) in [6.45, 7) is 0. The van der Waals surface area contributed by atoms with Crippen molar-refractivity contribution in [3.05, 3.63) is 88.3 Å². The Morgan fingerprint density at radius 1 is 1.04 bits per heavy atom. The molecule has 1 aromatic heterocycles. The number of benzene rings is 2. The number of hydrogen-bond acceptors (Lipinski definition) is 4. The number of halogens is 1. The van der Waals surface area contributed by atoms with Crippen molar-refractivity contribution < 1.29 is 9.15 Å². The van der Waals surface area contributed by atoms with Gasteiger partial charge in [0.05, 0.1) is 18.0 Å². The highest BCUT2D eigenvalue weighted by atomic mass is 79.9. The highest BCUT2D eigenvalue weighted by Crippen LogP contribution is 2.48. The SMILES string of the molecule is Brc1ccc2c(c1)[C@H]1CC(c3ccccc3)=NN1[C@H](c1ccco1)O2. The summed E-state index contributed by atoms with van der Waals surface area (Å²) in [6, 6.07) is 20.4. The molecule has 2 aliphatic heterocycles. The van der Waals surface area contributed by atoms with Crippen molar-refractivity contribution >= 4 is 21.6 Å². The number of furan rings is 1. The molecule has 0 saturated heterocycles. The van der Waals surface area contributed by atoms with Crippen LogP contribution in [0.25, 0.3) is 0 Å². The molecule has 0 saturated carbocycles. The number of hydrogen-bond donors (Lipinski definition) is 0. The van der Waals surface area contributed by atoms with Crippen molar-refractivity contribution in [2.24, 2.45) is 5.10 Å². The van der Waals surface area contributed by atoms with Crippen LogP contribution in [0.2, 0.25) is 0 Å². The van der Waals surface area contributed by atoms with Crippen molar-refractivity contribution in [2.75, 3.05) is 0 Å². The van der Waals surface area contributed by atoms with E-state index in [2.05, 4.69) is 34.1 Å². The van der Waals surface area contributed by atoms with Crippen molar-refractivity contribution in [3.63, 3.8) is 0 Å². The lowest BCUT2D eigenvalue weighted by Crippen LogP contribution is -2.33. The van der Waals surface area contributed by atoms with Gasteiger partial charge in [-0.05, 0) is 35.9 Å². The Hall–Kier alpha value is -2.53. The van der Waals surface area contributed by atoms with Gasteiger partial charge in [0.25, 0.3) is 0 Å². The molecule has 0 fully saturated rings. The van der Waals surface area contributed by atoms with Gasteiger partial charge in [-0.15, -0.1) is 0 Å². The lowest BCUT2D eigenvalue weighted by molar-refractivity contribution is -0.0325. The maximum atomic E-state index is 6.23. The van der Waals surface area contributed by atoms with Crippen molar-refractivity contribution in [1.82, 2.24) is 5.01 Å². The van der Waals surface area contributed by atoms with E-state index >= 15 is 0 Å². The van der Waals surface area contributed by atoms with E-state index < -0.39 is 0 Å². The molecular formula is C20H15BrN2O2. The summed E-state index contributed by atoms with van der Waals surface area (Å²) < 4.78 is 12.9. The van der Waals surface area contributed by atoms with Crippen LogP contribution >= 0.6 is 15.9 Å². The van der Waals surface area contributed by atoms with Crippen LogP contribution in [-0.2, 0) is 0 Å². The van der Waals surface area contributed by atoms with Crippen LogP contribution in [0, 0.1) is 0 Å². The Balaban J connectivity index is 1.61. The Labute approximate surface area is 153 Å². The molecular weight excluding hydrogens is 380 g/mol. The lowest BCUT2D eigenvalue weighted by Gasteiger charge is -2.37. The van der Waals surface area contributed by atoms with Gasteiger partial charge in [-0.1, -0.05) is 46.3 Å². The summed E-state index contributed by atoms with van der Waals surface area (Å²) in [6.07, 6.45) is 2.16. The second-order valence-corrected chi connectivity index (χ2v) is 7.10. The molecule has 5 rings (SSSR count). The lowest BCUT2D eigenvalue weighted by atomic mass is 9.96. The van der Waals surface area contributed by atoms with Crippen molar-refractivity contribution in [1.29, 1.82) is 0 Å². The minimum Gasteiger partial charge on any atom is -0.463 e. The van der Waals surface area contributed by atoms with Crippen LogP contribution in [0.4, 0.5) is 0 Å². The fourth-order valence-corrected chi connectivity index (χ4v) is 3.86. The molecule has 2 aliphatic rings. The summed E-state index contributed by atoms with van der Waals surface area (Å²) >= 11 is 3.57. The first-order valence-electron chi connectivity index (χ1n) is 8.20. The standard InChI is InChI=1S/C20H15BrN2O2/c21-14-8-9-18-15(11-14)17-12-16(13-5-2-1-3-6-13)22-23(17)20(25-18)19-7-4-10-24-19/h1-11,17,20H,12H2/t17-,20+/m1/s1. The van der Waals surface area contributed by atoms with Gasteiger partial charge in [0.15, 0.2) is 5.76 Å². The Bertz CT molecular complexity index is 938. The first-order valence-corrected chi connectivity index (χ1v) is 8.99. The molecule has 0 aliphatic carbocycles. The molecule has 0 amide bonds. The number of ether oxygens (including phenoxy) is 1. The zero-order valence-electron chi connectivity index (χ0n) is 13.3. The normalized spacial score (nSPS) is 21.3. The van der Waals surface area contributed by atoms with Gasteiger partial charge >= 0.3 is 0 Å². The van der Waals surface area contributed by atoms with E-state index in [1.165, 1.54) is 0 Å². The van der Waals surface area contributed by atoms with E-state index in [0.717, 1.165) is 39.2 Å². The molecule has 25 heavy (non-hydrogen) atoms. The Kier molecular flexibility index (Phi) is 3.41. The number of hydrazone groups is 1. The van der Waals surface area contributed by atoms with Gasteiger partial charge in [0, 0.05) is 16.5 Å². The molecule has 0 N–H and O–H groups in total. The molecule has 0 bridgehead atoms. The third-order valence-corrected chi connectivity index (χ3v) is 5.14. The highest BCUT2D eigenvalue weighted by molar-refractivity contribution is 9.10. The summed E-state index contributed by atoms with van der Waals surface area (Å²) in [5, 5.41) is 6.92. The fourth-order valence-electron chi connectivity index (χ4n) is 3.48. The summed E-state index contributed by atoms with van der Waals surface area (Å²) in [4.78, 5) is 0. The van der Waals surface area contributed by atoms with Gasteiger partial charge in [-0.25, -0.2) is 5.01 Å². The molecule has 3 aromatic rings. The molecule has 0 radical (unpaired) electrons. The van der Waals surface area contributed by atoms with Gasteiger partial charge in [-0.3, -0.25) is 0 Å². The molecule has 124 valence electrons. The second kappa shape index (κ2) is 5.77. The zero-order chi connectivity index (χ0) is 16.8. The maximum Gasteiger partial charge on any atom is 0.246 e. The first kappa shape index (κ1) is 14.8. The monoisotopic (exact) mass is 394 g/mol. The van der Waals surface area contributed by atoms with E-state index in [0.29, 0.717) is 0 Å². The molecule has 0 spiro atoms. The summed E-state index contributed by atoms with van der Waals surface area (Å²) in [5.41, 5.74) is 3.36. The minimum atomic E-state index is -0.352. The Morgan fingerprint density at radius 2 is 1.92 bits per heavy atom. The van der Waals surface area contributed by atoms with Crippen molar-refractivity contribution in [3.8, 4) is 5.75 Å². The third kappa shape index (κ3) is 2.46. The minimum absolute atomic E-state index is 0.131. The molecule has 2 aromatic carbocycles. The topological polar surface area (TPSA) is 38.0 Å². The smallest absolute Gasteiger partial charge is 0.246 e. The van der Waals surface area contributed by atoms with Crippen LogP contribution < -0.4 is 4.74 Å². The average Bonchev–Trinajstić information content (AvgIpc) is 3.32. The van der Waals surface area contributed by atoms with Crippen LogP contribution in [0.15, 0.2) is 80.9 Å². The van der Waals surface area contributed by atoms with E-state index in [-0.39, 0.29) is 12.3 Å². The van der Waals surface area contributed by atoms with Crippen LogP contribution in [0.5, 0.6) is 5.75 Å². The first-order chi connectivity index (χ1) is 12.3. The third-order valence-electron chi connectivity index (χ3n) is 4.65. The number of rotatable bonds is 2. The maximum absolute atomic E-state index is 6.23. The molecule has 3 heterocycles. The van der Waals surface area contributed by atoms with Gasteiger partial charge in [0.1, 0.15) is 5.75 Å². The van der Waals surface area contributed by atoms with Crippen LogP contribution in [0.1, 0.15) is 35.6 Å². The average molecular weight is 395 g/mol. The van der Waals surface area contributed by atoms with E-state index in [1.807, 2.05) is 47.5 Å². The number of nitrogens with zero attached hydrogens (tertiary/aromatic N) is 2.